The topological polar surface area (TPSA) is 122 Å². The number of nitrogens with zero attached hydrogens (tertiary/aromatic N) is 1. The van der Waals surface area contributed by atoms with E-state index in [4.69, 9.17) is 20.9 Å². The highest BCUT2D eigenvalue weighted by Gasteiger charge is 2.25. The van der Waals surface area contributed by atoms with Crippen molar-refractivity contribution in [3.05, 3.63) is 70.9 Å². The molecular weight excluding hydrogens is 460 g/mol. The maximum Gasteiger partial charge on any atom is 0.306 e. The SMILES string of the molecule is CCOCC[C@H](C[C@@H](Cc1ccc(-c2cccc(Cl)c2)cc1)NC(=O)c1cc(O)no1)C(=O)O. The Morgan fingerprint density at radius 1 is 1.15 bits per heavy atom. The minimum Gasteiger partial charge on any atom is -0.491 e. The Kier molecular flexibility index (Phi) is 9.07. The second-order valence-electron chi connectivity index (χ2n) is 7.89. The van der Waals surface area contributed by atoms with Crippen LogP contribution in [0.25, 0.3) is 11.1 Å². The number of carboxylic acids is 1. The second-order valence-corrected chi connectivity index (χ2v) is 8.32. The first kappa shape index (κ1) is 25.3. The van der Waals surface area contributed by atoms with Crippen LogP contribution in [0.4, 0.5) is 0 Å². The lowest BCUT2D eigenvalue weighted by Crippen LogP contribution is -2.39. The number of nitrogens with one attached hydrogen (secondary N) is 1. The first-order valence-corrected chi connectivity index (χ1v) is 11.4. The van der Waals surface area contributed by atoms with Gasteiger partial charge in [-0.1, -0.05) is 48.0 Å². The number of amides is 1. The van der Waals surface area contributed by atoms with Crippen LogP contribution in [0.1, 0.15) is 35.9 Å². The fourth-order valence-electron chi connectivity index (χ4n) is 3.66. The molecule has 0 spiro atoms. The zero-order valence-corrected chi connectivity index (χ0v) is 19.5. The lowest BCUT2D eigenvalue weighted by molar-refractivity contribution is -0.142. The molecule has 1 aromatic heterocycles. The van der Waals surface area contributed by atoms with Gasteiger partial charge in [-0.3, -0.25) is 9.59 Å². The normalized spacial score (nSPS) is 12.8. The summed E-state index contributed by atoms with van der Waals surface area (Å²) in [7, 11) is 0. The molecule has 0 aliphatic heterocycles. The van der Waals surface area contributed by atoms with Crippen LogP contribution in [0.2, 0.25) is 5.02 Å². The van der Waals surface area contributed by atoms with Gasteiger partial charge >= 0.3 is 5.97 Å². The Hall–Kier alpha value is -3.36. The monoisotopic (exact) mass is 486 g/mol. The van der Waals surface area contributed by atoms with Crippen LogP contribution >= 0.6 is 11.6 Å². The highest BCUT2D eigenvalue weighted by atomic mass is 35.5. The largest absolute Gasteiger partial charge is 0.491 e. The molecule has 2 aromatic carbocycles. The van der Waals surface area contributed by atoms with E-state index in [1.165, 1.54) is 0 Å². The van der Waals surface area contributed by atoms with Crippen LogP contribution in [-0.2, 0) is 16.0 Å². The summed E-state index contributed by atoms with van der Waals surface area (Å²) in [6.07, 6.45) is 0.927. The number of aromatic nitrogens is 1. The summed E-state index contributed by atoms with van der Waals surface area (Å²) in [6, 6.07) is 15.9. The van der Waals surface area contributed by atoms with Crippen molar-refractivity contribution in [1.29, 1.82) is 0 Å². The molecule has 34 heavy (non-hydrogen) atoms. The summed E-state index contributed by atoms with van der Waals surface area (Å²) < 4.78 is 10.1. The number of aliphatic carboxylic acids is 1. The molecule has 9 heteroatoms. The summed E-state index contributed by atoms with van der Waals surface area (Å²) in [4.78, 5) is 24.4. The van der Waals surface area contributed by atoms with Gasteiger partial charge in [-0.15, -0.1) is 0 Å². The molecule has 3 aromatic rings. The average Bonchev–Trinajstić information content (AvgIpc) is 3.25. The number of carbonyl (C=O) groups is 2. The third-order valence-corrected chi connectivity index (χ3v) is 5.62. The molecule has 0 fully saturated rings. The maximum atomic E-state index is 12.6. The summed E-state index contributed by atoms with van der Waals surface area (Å²) in [6.45, 7) is 2.66. The van der Waals surface area contributed by atoms with Crippen molar-refractivity contribution in [2.24, 2.45) is 5.92 Å². The molecule has 2 atom stereocenters. The lowest BCUT2D eigenvalue weighted by atomic mass is 9.92. The number of benzene rings is 2. The molecule has 0 bridgehead atoms. The third kappa shape index (κ3) is 7.33. The number of carboxylic acid groups (broad SMARTS) is 1. The van der Waals surface area contributed by atoms with E-state index in [0.717, 1.165) is 22.8 Å². The number of carbonyl (C=O) groups excluding carboxylic acids is 1. The van der Waals surface area contributed by atoms with Crippen molar-refractivity contribution >= 4 is 23.5 Å². The molecule has 0 radical (unpaired) electrons. The highest BCUT2D eigenvalue weighted by molar-refractivity contribution is 6.30. The number of aromatic hydroxyl groups is 1. The predicted molar refractivity (Wildman–Crippen MR) is 127 cm³/mol. The van der Waals surface area contributed by atoms with Gasteiger partial charge in [0, 0.05) is 24.3 Å². The van der Waals surface area contributed by atoms with Crippen molar-refractivity contribution in [3.8, 4) is 17.0 Å². The average molecular weight is 487 g/mol. The Morgan fingerprint density at radius 3 is 2.53 bits per heavy atom. The van der Waals surface area contributed by atoms with E-state index in [9.17, 15) is 19.8 Å². The maximum absolute atomic E-state index is 12.6. The molecular formula is C25H27ClN2O6. The second kappa shape index (κ2) is 12.2. The first-order chi connectivity index (χ1) is 16.4. The molecule has 0 unspecified atom stereocenters. The Morgan fingerprint density at radius 2 is 1.91 bits per heavy atom. The molecule has 0 aliphatic carbocycles. The van der Waals surface area contributed by atoms with Crippen LogP contribution in [-0.4, -0.2) is 46.5 Å². The molecule has 0 saturated carbocycles. The van der Waals surface area contributed by atoms with Crippen molar-refractivity contribution in [1.82, 2.24) is 10.5 Å². The van der Waals surface area contributed by atoms with E-state index in [1.54, 1.807) is 0 Å². The van der Waals surface area contributed by atoms with Gasteiger partial charge in [-0.2, -0.15) is 0 Å². The van der Waals surface area contributed by atoms with Gasteiger partial charge in [-0.25, -0.2) is 0 Å². The smallest absolute Gasteiger partial charge is 0.306 e. The minimum absolute atomic E-state index is 0.153. The van der Waals surface area contributed by atoms with Crippen molar-refractivity contribution in [2.75, 3.05) is 13.2 Å². The van der Waals surface area contributed by atoms with Gasteiger partial charge in [0.15, 0.2) is 0 Å². The van der Waals surface area contributed by atoms with Crippen molar-refractivity contribution in [3.63, 3.8) is 0 Å². The van der Waals surface area contributed by atoms with Gasteiger partial charge in [0.05, 0.1) is 12.0 Å². The fourth-order valence-corrected chi connectivity index (χ4v) is 3.85. The summed E-state index contributed by atoms with van der Waals surface area (Å²) in [5.74, 6) is -2.79. The first-order valence-electron chi connectivity index (χ1n) is 11.0. The molecule has 1 amide bonds. The Balaban J connectivity index is 1.76. The molecule has 3 rings (SSSR count). The summed E-state index contributed by atoms with van der Waals surface area (Å²) in [5, 5.41) is 25.8. The van der Waals surface area contributed by atoms with E-state index in [1.807, 2.05) is 55.5 Å². The van der Waals surface area contributed by atoms with E-state index < -0.39 is 29.7 Å². The third-order valence-electron chi connectivity index (χ3n) is 5.38. The predicted octanol–water partition coefficient (Wildman–Crippen LogP) is 4.56. The van der Waals surface area contributed by atoms with Gasteiger partial charge in [0.25, 0.3) is 11.8 Å². The number of ether oxygens (including phenoxy) is 1. The molecule has 0 aliphatic rings. The summed E-state index contributed by atoms with van der Waals surface area (Å²) in [5.41, 5.74) is 2.89. The standard InChI is InChI=1S/C25H27ClN2O6/c1-2-33-11-10-19(25(31)32)14-21(27-24(30)22-15-23(29)28-34-22)12-16-6-8-17(9-7-16)18-4-3-5-20(26)13-18/h3-9,13,15,19,21H,2,10-12,14H2,1H3,(H,27,30)(H,28,29)(H,31,32)/t19-,21-/m1/s1. The van der Waals surface area contributed by atoms with Crippen LogP contribution < -0.4 is 5.32 Å². The summed E-state index contributed by atoms with van der Waals surface area (Å²) >= 11 is 6.09. The molecule has 1 heterocycles. The molecule has 180 valence electrons. The Labute approximate surface area is 202 Å². The highest BCUT2D eigenvalue weighted by Crippen LogP contribution is 2.24. The number of hydrogen-bond donors (Lipinski definition) is 3. The van der Waals surface area contributed by atoms with E-state index in [0.29, 0.717) is 31.1 Å². The number of hydrogen-bond acceptors (Lipinski definition) is 6. The van der Waals surface area contributed by atoms with Crippen LogP contribution in [0.5, 0.6) is 5.88 Å². The van der Waals surface area contributed by atoms with Gasteiger partial charge in [0.1, 0.15) is 0 Å². The van der Waals surface area contributed by atoms with E-state index >= 15 is 0 Å². The molecule has 8 nitrogen and oxygen atoms in total. The molecule has 0 saturated heterocycles. The van der Waals surface area contributed by atoms with Gasteiger partial charge in [0.2, 0.25) is 5.76 Å². The van der Waals surface area contributed by atoms with Crippen molar-refractivity contribution < 1.29 is 29.1 Å². The quantitative estimate of drug-likeness (QED) is 0.321. The van der Waals surface area contributed by atoms with Gasteiger partial charge < -0.3 is 24.8 Å². The zero-order valence-electron chi connectivity index (χ0n) is 18.7. The number of halogens is 1. The Bertz CT molecular complexity index is 1100. The van der Waals surface area contributed by atoms with Crippen LogP contribution in [0, 0.1) is 5.92 Å². The number of rotatable bonds is 12. The van der Waals surface area contributed by atoms with E-state index in [2.05, 4.69) is 10.5 Å². The van der Waals surface area contributed by atoms with Crippen LogP contribution in [0.3, 0.4) is 0 Å². The molecule has 3 N–H and O–H groups in total. The van der Waals surface area contributed by atoms with Crippen molar-refractivity contribution in [2.45, 2.75) is 32.2 Å². The minimum atomic E-state index is -0.951. The lowest BCUT2D eigenvalue weighted by Gasteiger charge is -2.22. The van der Waals surface area contributed by atoms with E-state index in [-0.39, 0.29) is 12.2 Å². The zero-order chi connectivity index (χ0) is 24.5. The van der Waals surface area contributed by atoms with Crippen LogP contribution in [0.15, 0.2) is 59.1 Å². The fraction of sp³-hybridized carbons (Fsp3) is 0.320. The van der Waals surface area contributed by atoms with Gasteiger partial charge in [-0.05, 0) is 60.2 Å².